The number of piperidine rings is 1. The Kier molecular flexibility index (Phi) is 3.43. The van der Waals surface area contributed by atoms with E-state index in [4.69, 9.17) is 11.5 Å². The number of carbonyl (C=O) groups is 1. The van der Waals surface area contributed by atoms with E-state index in [1.54, 1.807) is 18.2 Å². The lowest BCUT2D eigenvalue weighted by molar-refractivity contribution is 0.100. The number of primary amides is 1. The third kappa shape index (κ3) is 2.41. The Hall–Kier alpha value is -1.75. The van der Waals surface area contributed by atoms with Crippen molar-refractivity contribution in [3.63, 3.8) is 0 Å². The molecular formula is C13H19N3O2. The number of hydrogen-bond donors (Lipinski definition) is 3. The number of β-amino-alcohol motifs (C(OH)–C–C–N with tert-alkyl or cyclic N) is 1. The predicted molar refractivity (Wildman–Crippen MR) is 71.4 cm³/mol. The quantitative estimate of drug-likeness (QED) is 0.668. The molecule has 1 amide bonds. The SMILES string of the molecule is CC1CCN(c2cc(C(N)=O)ccc2N)CC1O. The van der Waals surface area contributed by atoms with Crippen LogP contribution in [-0.4, -0.2) is 30.2 Å². The normalized spacial score (nSPS) is 24.0. The van der Waals surface area contributed by atoms with Crippen LogP contribution in [0.25, 0.3) is 0 Å². The van der Waals surface area contributed by atoms with Crippen molar-refractivity contribution in [2.24, 2.45) is 11.7 Å². The standard InChI is InChI=1S/C13H19N3O2/c1-8-4-5-16(7-12(8)17)11-6-9(13(15)18)2-3-10(11)14/h2-3,6,8,12,17H,4-5,7,14H2,1H3,(H2,15,18). The van der Waals surface area contributed by atoms with Crippen molar-refractivity contribution in [2.45, 2.75) is 19.4 Å². The van der Waals surface area contributed by atoms with Gasteiger partial charge in [-0.25, -0.2) is 0 Å². The van der Waals surface area contributed by atoms with Gasteiger partial charge in [-0.1, -0.05) is 6.92 Å². The topological polar surface area (TPSA) is 92.6 Å². The lowest BCUT2D eigenvalue weighted by atomic mass is 9.95. The molecule has 0 bridgehead atoms. The van der Waals surface area contributed by atoms with Gasteiger partial charge in [-0.2, -0.15) is 0 Å². The first kappa shape index (κ1) is 12.7. The second kappa shape index (κ2) is 4.86. The number of carbonyl (C=O) groups excluding carboxylic acids is 1. The molecule has 1 aromatic carbocycles. The molecular weight excluding hydrogens is 230 g/mol. The van der Waals surface area contributed by atoms with Gasteiger partial charge in [-0.3, -0.25) is 4.79 Å². The summed E-state index contributed by atoms with van der Waals surface area (Å²) >= 11 is 0. The minimum atomic E-state index is -0.470. The van der Waals surface area contributed by atoms with Crippen LogP contribution in [0.2, 0.25) is 0 Å². The van der Waals surface area contributed by atoms with Gasteiger partial charge in [-0.15, -0.1) is 0 Å². The van der Waals surface area contributed by atoms with E-state index in [-0.39, 0.29) is 6.10 Å². The number of aliphatic hydroxyl groups is 1. The number of amides is 1. The van der Waals surface area contributed by atoms with Crippen LogP contribution < -0.4 is 16.4 Å². The van der Waals surface area contributed by atoms with E-state index in [0.29, 0.717) is 23.7 Å². The first-order valence-corrected chi connectivity index (χ1v) is 6.11. The number of nitrogen functional groups attached to an aromatic ring is 1. The van der Waals surface area contributed by atoms with Crippen molar-refractivity contribution in [1.82, 2.24) is 0 Å². The second-order valence-electron chi connectivity index (χ2n) is 4.92. The zero-order valence-corrected chi connectivity index (χ0v) is 10.5. The van der Waals surface area contributed by atoms with Crippen molar-refractivity contribution in [3.8, 4) is 0 Å². The molecule has 1 heterocycles. The Morgan fingerprint density at radius 1 is 1.50 bits per heavy atom. The maximum Gasteiger partial charge on any atom is 0.248 e. The van der Waals surface area contributed by atoms with Crippen molar-refractivity contribution < 1.29 is 9.90 Å². The smallest absolute Gasteiger partial charge is 0.248 e. The van der Waals surface area contributed by atoms with Gasteiger partial charge < -0.3 is 21.5 Å². The number of nitrogens with two attached hydrogens (primary N) is 2. The molecule has 2 atom stereocenters. The average Bonchev–Trinajstić information content (AvgIpc) is 2.33. The molecule has 0 aliphatic carbocycles. The highest BCUT2D eigenvalue weighted by atomic mass is 16.3. The summed E-state index contributed by atoms with van der Waals surface area (Å²) in [6.07, 6.45) is 0.539. The van der Waals surface area contributed by atoms with E-state index in [9.17, 15) is 9.90 Å². The summed E-state index contributed by atoms with van der Waals surface area (Å²) in [5, 5.41) is 9.90. The summed E-state index contributed by atoms with van der Waals surface area (Å²) in [6.45, 7) is 3.39. The first-order chi connectivity index (χ1) is 8.49. The Balaban J connectivity index is 2.27. The Labute approximate surface area is 106 Å². The van der Waals surface area contributed by atoms with Crippen LogP contribution in [0, 0.1) is 5.92 Å². The molecule has 0 radical (unpaired) electrons. The predicted octanol–water partition coefficient (Wildman–Crippen LogP) is 0.575. The first-order valence-electron chi connectivity index (χ1n) is 6.11. The number of benzene rings is 1. The summed E-state index contributed by atoms with van der Waals surface area (Å²) in [4.78, 5) is 13.2. The maximum absolute atomic E-state index is 11.2. The molecule has 2 unspecified atom stereocenters. The van der Waals surface area contributed by atoms with Crippen LogP contribution in [0.1, 0.15) is 23.7 Å². The Morgan fingerprint density at radius 2 is 2.22 bits per heavy atom. The van der Waals surface area contributed by atoms with E-state index in [2.05, 4.69) is 0 Å². The van der Waals surface area contributed by atoms with E-state index < -0.39 is 5.91 Å². The van der Waals surface area contributed by atoms with E-state index in [1.807, 2.05) is 11.8 Å². The summed E-state index contributed by atoms with van der Waals surface area (Å²) in [5.41, 5.74) is 13.0. The molecule has 2 rings (SSSR count). The molecule has 18 heavy (non-hydrogen) atoms. The third-order valence-corrected chi connectivity index (χ3v) is 3.57. The molecule has 0 aromatic heterocycles. The van der Waals surface area contributed by atoms with E-state index in [1.165, 1.54) is 0 Å². The largest absolute Gasteiger partial charge is 0.397 e. The Morgan fingerprint density at radius 3 is 2.83 bits per heavy atom. The molecule has 1 saturated heterocycles. The molecule has 1 aliphatic rings. The molecule has 1 aliphatic heterocycles. The van der Waals surface area contributed by atoms with Crippen LogP contribution in [0.3, 0.4) is 0 Å². The van der Waals surface area contributed by atoms with Crippen molar-refractivity contribution in [1.29, 1.82) is 0 Å². The number of nitrogens with zero attached hydrogens (tertiary/aromatic N) is 1. The fourth-order valence-electron chi connectivity index (χ4n) is 2.24. The molecule has 1 fully saturated rings. The number of aliphatic hydroxyl groups excluding tert-OH is 1. The molecule has 98 valence electrons. The lowest BCUT2D eigenvalue weighted by Gasteiger charge is -2.36. The minimum absolute atomic E-state index is 0.293. The van der Waals surface area contributed by atoms with Crippen LogP contribution in [0.15, 0.2) is 18.2 Å². The molecule has 0 spiro atoms. The maximum atomic E-state index is 11.2. The van der Waals surface area contributed by atoms with Gasteiger partial charge in [-0.05, 0) is 30.5 Å². The second-order valence-corrected chi connectivity index (χ2v) is 4.92. The molecule has 5 nitrogen and oxygen atoms in total. The van der Waals surface area contributed by atoms with Gasteiger partial charge in [0.15, 0.2) is 0 Å². The summed E-state index contributed by atoms with van der Waals surface area (Å²) in [5.74, 6) is -0.177. The zero-order valence-electron chi connectivity index (χ0n) is 10.5. The minimum Gasteiger partial charge on any atom is -0.397 e. The highest BCUT2D eigenvalue weighted by molar-refractivity contribution is 5.95. The van der Waals surface area contributed by atoms with Crippen LogP contribution in [-0.2, 0) is 0 Å². The number of anilines is 2. The lowest BCUT2D eigenvalue weighted by Crippen LogP contribution is -2.43. The molecule has 5 N–H and O–H groups in total. The van der Waals surface area contributed by atoms with Gasteiger partial charge in [0, 0.05) is 18.7 Å². The van der Waals surface area contributed by atoms with E-state index >= 15 is 0 Å². The summed E-state index contributed by atoms with van der Waals surface area (Å²) in [7, 11) is 0. The third-order valence-electron chi connectivity index (χ3n) is 3.57. The van der Waals surface area contributed by atoms with Crippen LogP contribution in [0.4, 0.5) is 11.4 Å². The zero-order chi connectivity index (χ0) is 13.3. The number of hydrogen-bond acceptors (Lipinski definition) is 4. The summed E-state index contributed by atoms with van der Waals surface area (Å²) in [6, 6.07) is 4.99. The van der Waals surface area contributed by atoms with Crippen molar-refractivity contribution in [3.05, 3.63) is 23.8 Å². The van der Waals surface area contributed by atoms with Gasteiger partial charge in [0.1, 0.15) is 0 Å². The van der Waals surface area contributed by atoms with Crippen LogP contribution >= 0.6 is 0 Å². The van der Waals surface area contributed by atoms with E-state index in [0.717, 1.165) is 18.7 Å². The molecule has 1 aromatic rings. The van der Waals surface area contributed by atoms with Gasteiger partial charge in [0.2, 0.25) is 5.91 Å². The highest BCUT2D eigenvalue weighted by Crippen LogP contribution is 2.29. The Bertz CT molecular complexity index is 462. The highest BCUT2D eigenvalue weighted by Gasteiger charge is 2.25. The van der Waals surface area contributed by atoms with Crippen molar-refractivity contribution >= 4 is 17.3 Å². The monoisotopic (exact) mass is 249 g/mol. The van der Waals surface area contributed by atoms with Gasteiger partial charge >= 0.3 is 0 Å². The molecule has 5 heteroatoms. The average molecular weight is 249 g/mol. The fourth-order valence-corrected chi connectivity index (χ4v) is 2.24. The van der Waals surface area contributed by atoms with Gasteiger partial charge in [0.05, 0.1) is 17.5 Å². The van der Waals surface area contributed by atoms with Crippen molar-refractivity contribution in [2.75, 3.05) is 23.7 Å². The number of rotatable bonds is 2. The fraction of sp³-hybridized carbons (Fsp3) is 0.462. The molecule has 0 saturated carbocycles. The van der Waals surface area contributed by atoms with Gasteiger partial charge in [0.25, 0.3) is 0 Å². The van der Waals surface area contributed by atoms with Crippen LogP contribution in [0.5, 0.6) is 0 Å². The summed E-state index contributed by atoms with van der Waals surface area (Å²) < 4.78 is 0.